The van der Waals surface area contributed by atoms with Crippen molar-refractivity contribution in [1.82, 2.24) is 5.32 Å². The molecule has 0 aliphatic heterocycles. The van der Waals surface area contributed by atoms with Crippen molar-refractivity contribution < 1.29 is 14.7 Å². The van der Waals surface area contributed by atoms with E-state index in [1.54, 1.807) is 0 Å². The zero-order chi connectivity index (χ0) is 11.5. The molecule has 0 aromatic heterocycles. The van der Waals surface area contributed by atoms with E-state index in [0.717, 1.165) is 37.8 Å². The van der Waals surface area contributed by atoms with E-state index in [1.165, 1.54) is 0 Å². The van der Waals surface area contributed by atoms with Gasteiger partial charge in [-0.2, -0.15) is 0 Å². The number of unbranched alkanes of at least 4 members (excludes halogenated alkanes) is 3. The highest BCUT2D eigenvalue weighted by Gasteiger charge is 1.98. The lowest BCUT2D eigenvalue weighted by atomic mass is 10.2. The number of allylic oxidation sites excluding steroid dienone is 1. The Kier molecular flexibility index (Phi) is 8.43. The lowest BCUT2D eigenvalue weighted by Gasteiger charge is -2.07. The first kappa shape index (κ1) is 13.7. The molecule has 0 fully saturated rings. The van der Waals surface area contributed by atoms with E-state index in [-0.39, 0.29) is 6.42 Å². The summed E-state index contributed by atoms with van der Waals surface area (Å²) in [4.78, 5) is 20.3. The Labute approximate surface area is 90.4 Å². The molecule has 0 unspecified atom stereocenters. The number of aldehydes is 1. The van der Waals surface area contributed by atoms with Crippen LogP contribution in [-0.4, -0.2) is 23.9 Å². The van der Waals surface area contributed by atoms with Crippen molar-refractivity contribution in [3.63, 3.8) is 0 Å². The maximum absolute atomic E-state index is 10.3. The summed E-state index contributed by atoms with van der Waals surface area (Å²) in [5, 5.41) is 11.5. The van der Waals surface area contributed by atoms with Crippen LogP contribution in [0.5, 0.6) is 0 Å². The van der Waals surface area contributed by atoms with Crippen molar-refractivity contribution in [1.29, 1.82) is 0 Å². The van der Waals surface area contributed by atoms with Gasteiger partial charge in [0.25, 0.3) is 0 Å². The highest BCUT2D eigenvalue weighted by Crippen LogP contribution is 2.00. The quantitative estimate of drug-likeness (QED) is 0.428. The molecule has 0 bridgehead atoms. The molecule has 0 spiro atoms. The predicted molar refractivity (Wildman–Crippen MR) is 58.5 cm³/mol. The van der Waals surface area contributed by atoms with Gasteiger partial charge in [0.05, 0.1) is 6.42 Å². The summed E-state index contributed by atoms with van der Waals surface area (Å²) in [6, 6.07) is 0. The maximum atomic E-state index is 10.3. The fourth-order valence-electron chi connectivity index (χ4n) is 1.14. The summed E-state index contributed by atoms with van der Waals surface area (Å²) < 4.78 is 0. The Morgan fingerprint density at radius 3 is 2.60 bits per heavy atom. The summed E-state index contributed by atoms with van der Waals surface area (Å²) in [5.74, 6) is -0.802. The van der Waals surface area contributed by atoms with Crippen molar-refractivity contribution in [2.75, 3.05) is 6.54 Å². The number of carboxylic acid groups (broad SMARTS) is 1. The number of carboxylic acids is 1. The third kappa shape index (κ3) is 10.6. The molecule has 0 aromatic rings. The van der Waals surface area contributed by atoms with Gasteiger partial charge in [0.15, 0.2) is 0 Å². The molecule has 4 heteroatoms. The van der Waals surface area contributed by atoms with E-state index in [0.29, 0.717) is 12.8 Å². The molecular weight excluding hydrogens is 194 g/mol. The largest absolute Gasteiger partial charge is 0.481 e. The van der Waals surface area contributed by atoms with E-state index < -0.39 is 5.97 Å². The summed E-state index contributed by atoms with van der Waals surface area (Å²) in [7, 11) is 0. The van der Waals surface area contributed by atoms with Crippen LogP contribution in [0.2, 0.25) is 0 Å². The molecule has 15 heavy (non-hydrogen) atoms. The van der Waals surface area contributed by atoms with Gasteiger partial charge in [0.1, 0.15) is 6.29 Å². The maximum Gasteiger partial charge on any atom is 0.303 e. The first-order valence-corrected chi connectivity index (χ1v) is 5.24. The van der Waals surface area contributed by atoms with E-state index in [2.05, 4.69) is 11.9 Å². The monoisotopic (exact) mass is 213 g/mol. The molecule has 0 rings (SSSR count). The Balaban J connectivity index is 3.23. The van der Waals surface area contributed by atoms with E-state index in [4.69, 9.17) is 5.11 Å². The Morgan fingerprint density at radius 1 is 1.27 bits per heavy atom. The Bertz CT molecular complexity index is 214. The highest BCUT2D eigenvalue weighted by atomic mass is 16.4. The average Bonchev–Trinajstić information content (AvgIpc) is 2.20. The molecule has 86 valence electrons. The van der Waals surface area contributed by atoms with Gasteiger partial charge in [0.2, 0.25) is 0 Å². The van der Waals surface area contributed by atoms with Gasteiger partial charge in [-0.1, -0.05) is 13.0 Å². The number of hydrogen-bond acceptors (Lipinski definition) is 3. The number of aliphatic carboxylic acids is 1. The SMILES string of the molecule is C=C(CCC(=O)O)NCCCCCC=O. The normalized spacial score (nSPS) is 9.60. The first-order valence-electron chi connectivity index (χ1n) is 5.24. The molecule has 0 heterocycles. The molecule has 0 saturated heterocycles. The lowest BCUT2D eigenvalue weighted by molar-refractivity contribution is -0.137. The van der Waals surface area contributed by atoms with Crippen LogP contribution in [-0.2, 0) is 9.59 Å². The van der Waals surface area contributed by atoms with Gasteiger partial charge in [-0.25, -0.2) is 0 Å². The van der Waals surface area contributed by atoms with Crippen molar-refractivity contribution in [2.24, 2.45) is 0 Å². The number of rotatable bonds is 10. The third-order valence-electron chi connectivity index (χ3n) is 2.01. The minimum absolute atomic E-state index is 0.122. The number of carbonyl (C=O) groups excluding carboxylic acids is 1. The fourth-order valence-corrected chi connectivity index (χ4v) is 1.14. The van der Waals surface area contributed by atoms with Crippen LogP contribution in [0.4, 0.5) is 0 Å². The Hall–Kier alpha value is -1.32. The zero-order valence-electron chi connectivity index (χ0n) is 9.00. The average molecular weight is 213 g/mol. The number of carbonyl (C=O) groups is 2. The van der Waals surface area contributed by atoms with Gasteiger partial charge >= 0.3 is 5.97 Å². The number of nitrogens with one attached hydrogen (secondary N) is 1. The molecule has 0 saturated carbocycles. The van der Waals surface area contributed by atoms with Gasteiger partial charge in [-0.3, -0.25) is 4.79 Å². The van der Waals surface area contributed by atoms with Crippen LogP contribution in [0.1, 0.15) is 38.5 Å². The van der Waals surface area contributed by atoms with E-state index in [1.807, 2.05) is 0 Å². The predicted octanol–water partition coefficient (Wildman–Crippen LogP) is 1.71. The minimum Gasteiger partial charge on any atom is -0.481 e. The molecule has 0 aliphatic carbocycles. The van der Waals surface area contributed by atoms with Crippen LogP contribution < -0.4 is 5.32 Å². The van der Waals surface area contributed by atoms with E-state index in [9.17, 15) is 9.59 Å². The zero-order valence-corrected chi connectivity index (χ0v) is 9.00. The van der Waals surface area contributed by atoms with Crippen LogP contribution in [0.15, 0.2) is 12.3 Å². The van der Waals surface area contributed by atoms with Crippen molar-refractivity contribution >= 4 is 12.3 Å². The topological polar surface area (TPSA) is 66.4 Å². The molecule has 0 radical (unpaired) electrons. The lowest BCUT2D eigenvalue weighted by Crippen LogP contribution is -2.14. The van der Waals surface area contributed by atoms with Crippen molar-refractivity contribution in [3.8, 4) is 0 Å². The smallest absolute Gasteiger partial charge is 0.303 e. The standard InChI is InChI=1S/C11H19NO3/c1-10(6-7-11(14)15)12-8-4-2-3-5-9-13/h9,12H,1-8H2,(H,14,15). The molecule has 0 amide bonds. The molecule has 2 N–H and O–H groups in total. The summed E-state index contributed by atoms with van der Waals surface area (Å²) in [6.45, 7) is 4.53. The summed E-state index contributed by atoms with van der Waals surface area (Å²) in [5.41, 5.74) is 0.771. The second-order valence-corrected chi connectivity index (χ2v) is 3.44. The minimum atomic E-state index is -0.802. The molecule has 0 aliphatic rings. The fraction of sp³-hybridized carbons (Fsp3) is 0.636. The van der Waals surface area contributed by atoms with Crippen molar-refractivity contribution in [2.45, 2.75) is 38.5 Å². The van der Waals surface area contributed by atoms with Gasteiger partial charge in [-0.15, -0.1) is 0 Å². The third-order valence-corrected chi connectivity index (χ3v) is 2.01. The van der Waals surface area contributed by atoms with Crippen LogP contribution in [0, 0.1) is 0 Å². The highest BCUT2D eigenvalue weighted by molar-refractivity contribution is 5.66. The number of hydrogen-bond donors (Lipinski definition) is 2. The molecule has 0 atom stereocenters. The Morgan fingerprint density at radius 2 is 2.00 bits per heavy atom. The molecular formula is C11H19NO3. The van der Waals surface area contributed by atoms with Gasteiger partial charge < -0.3 is 15.2 Å². The van der Waals surface area contributed by atoms with Crippen LogP contribution in [0.3, 0.4) is 0 Å². The van der Waals surface area contributed by atoms with Crippen LogP contribution >= 0.6 is 0 Å². The summed E-state index contributed by atoms with van der Waals surface area (Å²) in [6.07, 6.45) is 5.07. The van der Waals surface area contributed by atoms with Crippen LogP contribution in [0.25, 0.3) is 0 Å². The first-order chi connectivity index (χ1) is 7.16. The second-order valence-electron chi connectivity index (χ2n) is 3.44. The molecule has 4 nitrogen and oxygen atoms in total. The second kappa shape index (κ2) is 9.24. The summed E-state index contributed by atoms with van der Waals surface area (Å²) >= 11 is 0. The molecule has 0 aromatic carbocycles. The van der Waals surface area contributed by atoms with E-state index >= 15 is 0 Å². The van der Waals surface area contributed by atoms with Gasteiger partial charge in [-0.05, 0) is 19.3 Å². The van der Waals surface area contributed by atoms with Crippen molar-refractivity contribution in [3.05, 3.63) is 12.3 Å². The van der Waals surface area contributed by atoms with Gasteiger partial charge in [0, 0.05) is 18.7 Å².